The van der Waals surface area contributed by atoms with Gasteiger partial charge < -0.3 is 4.74 Å². The average molecular weight is 346 g/mol. The van der Waals surface area contributed by atoms with E-state index in [4.69, 9.17) is 4.74 Å². The molecule has 0 bridgehead atoms. The van der Waals surface area contributed by atoms with Gasteiger partial charge in [0.25, 0.3) is 0 Å². The Labute approximate surface area is 145 Å². The molecule has 1 aromatic carbocycles. The van der Waals surface area contributed by atoms with Crippen molar-refractivity contribution in [2.75, 3.05) is 6.61 Å². The molecule has 1 saturated heterocycles. The van der Waals surface area contributed by atoms with Gasteiger partial charge in [0.2, 0.25) is 5.91 Å². The summed E-state index contributed by atoms with van der Waals surface area (Å²) < 4.78 is 5.12. The highest BCUT2D eigenvalue weighted by atomic mass is 28.3. The molecule has 130 valence electrons. The van der Waals surface area contributed by atoms with Crippen molar-refractivity contribution in [3.63, 3.8) is 0 Å². The van der Waals surface area contributed by atoms with Crippen LogP contribution in [0.5, 0.6) is 0 Å². The van der Waals surface area contributed by atoms with Crippen LogP contribution in [0.3, 0.4) is 0 Å². The van der Waals surface area contributed by atoms with Gasteiger partial charge in [0.15, 0.2) is 0 Å². The Balaban J connectivity index is 1.98. The maximum atomic E-state index is 12.5. The first-order valence-corrected chi connectivity index (χ1v) is 12.0. The predicted molar refractivity (Wildman–Crippen MR) is 98.5 cm³/mol. The minimum absolute atomic E-state index is 0.137. The molecule has 1 fully saturated rings. The van der Waals surface area contributed by atoms with Crippen LogP contribution in [0.25, 0.3) is 0 Å². The van der Waals surface area contributed by atoms with Crippen molar-refractivity contribution in [1.29, 1.82) is 0 Å². The predicted octanol–water partition coefficient (Wildman–Crippen LogP) is 4.18. The Morgan fingerprint density at radius 1 is 1.25 bits per heavy atom. The lowest BCUT2D eigenvalue weighted by atomic mass is 10.1. The lowest BCUT2D eigenvalue weighted by Crippen LogP contribution is -2.40. The highest BCUT2D eigenvalue weighted by Gasteiger charge is 2.37. The molecule has 0 saturated carbocycles. The van der Waals surface area contributed by atoms with Gasteiger partial charge in [0, 0.05) is 6.42 Å². The number of imide groups is 1. The third-order valence-electron chi connectivity index (χ3n) is 3.96. The van der Waals surface area contributed by atoms with Gasteiger partial charge in [0.05, 0.1) is 14.1 Å². The number of hydrogen-bond donors (Lipinski definition) is 0. The van der Waals surface area contributed by atoms with Gasteiger partial charge in [-0.1, -0.05) is 61.2 Å². The summed E-state index contributed by atoms with van der Waals surface area (Å²) in [6.07, 6.45) is 1.19. The van der Waals surface area contributed by atoms with Gasteiger partial charge in [-0.25, -0.2) is 9.69 Å². The molecule has 2 rings (SSSR count). The Hall–Kier alpha value is -1.88. The quantitative estimate of drug-likeness (QED) is 0.727. The third-order valence-corrected chi connectivity index (χ3v) is 5.32. The summed E-state index contributed by atoms with van der Waals surface area (Å²) in [5.74, 6) is -0.137. The van der Waals surface area contributed by atoms with Crippen molar-refractivity contribution in [2.24, 2.45) is 0 Å². The van der Waals surface area contributed by atoms with Crippen LogP contribution >= 0.6 is 0 Å². The molecule has 2 amide bonds. The molecule has 0 N–H and O–H groups in total. The molecule has 1 atom stereocenters. The number of carbonyl (C=O) groups excluding carboxylic acids is 2. The van der Waals surface area contributed by atoms with Gasteiger partial charge in [-0.05, 0) is 25.3 Å². The second-order valence-electron chi connectivity index (χ2n) is 7.54. The van der Waals surface area contributed by atoms with Crippen LogP contribution in [0.2, 0.25) is 19.6 Å². The van der Waals surface area contributed by atoms with Crippen molar-refractivity contribution in [1.82, 2.24) is 4.90 Å². The van der Waals surface area contributed by atoms with Crippen molar-refractivity contribution in [2.45, 2.75) is 51.9 Å². The molecule has 0 spiro atoms. The van der Waals surface area contributed by atoms with Gasteiger partial charge >= 0.3 is 6.09 Å². The topological polar surface area (TPSA) is 46.6 Å². The summed E-state index contributed by atoms with van der Waals surface area (Å²) >= 11 is 0. The van der Waals surface area contributed by atoms with Crippen LogP contribution in [0.15, 0.2) is 41.6 Å². The summed E-state index contributed by atoms with van der Waals surface area (Å²) in [7, 11) is -1.28. The summed E-state index contributed by atoms with van der Waals surface area (Å²) in [5.41, 5.74) is 4.65. The fourth-order valence-electron chi connectivity index (χ4n) is 3.04. The Morgan fingerprint density at radius 3 is 2.54 bits per heavy atom. The number of ether oxygens (including phenoxy) is 1. The van der Waals surface area contributed by atoms with Crippen molar-refractivity contribution in [3.8, 4) is 0 Å². The van der Waals surface area contributed by atoms with E-state index in [2.05, 4.69) is 32.3 Å². The molecule has 1 aliphatic rings. The minimum Gasteiger partial charge on any atom is -0.447 e. The number of hydrogen-bond acceptors (Lipinski definition) is 3. The van der Waals surface area contributed by atoms with E-state index in [0.717, 1.165) is 5.56 Å². The lowest BCUT2D eigenvalue weighted by molar-refractivity contribution is -0.129. The summed E-state index contributed by atoms with van der Waals surface area (Å²) in [5, 5.41) is 0. The molecule has 1 aliphatic heterocycles. The molecule has 1 aromatic rings. The van der Waals surface area contributed by atoms with E-state index in [9.17, 15) is 9.59 Å². The third kappa shape index (κ3) is 5.34. The van der Waals surface area contributed by atoms with Gasteiger partial charge in [-0.2, -0.15) is 0 Å². The Kier molecular flexibility index (Phi) is 5.99. The number of cyclic esters (lactones) is 1. The van der Waals surface area contributed by atoms with E-state index >= 15 is 0 Å². The first-order valence-electron chi connectivity index (χ1n) is 8.47. The van der Waals surface area contributed by atoms with Crippen molar-refractivity contribution < 1.29 is 14.3 Å². The van der Waals surface area contributed by atoms with Crippen LogP contribution in [0.1, 0.15) is 25.3 Å². The standard InChI is InChI=1S/C19H27NO3Si/c1-15(14-24(2,3)4)10-11-18(21)20-17(13-23-19(20)22)12-16-8-6-5-7-9-16/h5-9,14,17H,10-13H2,1-4H3/b15-14+/t17-/m1/s1. The fraction of sp³-hybridized carbons (Fsp3) is 0.474. The molecule has 0 unspecified atom stereocenters. The molecule has 1 heterocycles. The first-order chi connectivity index (χ1) is 11.3. The number of carbonyl (C=O) groups is 2. The average Bonchev–Trinajstić information content (AvgIpc) is 2.85. The number of amides is 2. The zero-order valence-electron chi connectivity index (χ0n) is 15.0. The number of nitrogens with zero attached hydrogens (tertiary/aromatic N) is 1. The monoisotopic (exact) mass is 345 g/mol. The van der Waals surface area contributed by atoms with E-state index in [1.807, 2.05) is 30.3 Å². The molecular weight excluding hydrogens is 318 g/mol. The number of rotatable bonds is 6. The Morgan fingerprint density at radius 2 is 1.92 bits per heavy atom. The van der Waals surface area contributed by atoms with Crippen LogP contribution < -0.4 is 0 Å². The van der Waals surface area contributed by atoms with Crippen LogP contribution in [0.4, 0.5) is 4.79 Å². The molecule has 0 aliphatic carbocycles. The number of allylic oxidation sites excluding steroid dienone is 1. The second-order valence-corrected chi connectivity index (χ2v) is 12.6. The maximum absolute atomic E-state index is 12.5. The van der Waals surface area contributed by atoms with E-state index in [1.165, 1.54) is 10.5 Å². The van der Waals surface area contributed by atoms with Gasteiger partial charge in [0.1, 0.15) is 6.61 Å². The summed E-state index contributed by atoms with van der Waals surface area (Å²) in [4.78, 5) is 25.8. The molecule has 0 aromatic heterocycles. The normalized spacial score (nSPS) is 18.7. The van der Waals surface area contributed by atoms with Gasteiger partial charge in [-0.3, -0.25) is 4.79 Å². The van der Waals surface area contributed by atoms with Crippen LogP contribution in [-0.4, -0.2) is 37.6 Å². The van der Waals surface area contributed by atoms with E-state index < -0.39 is 14.2 Å². The molecule has 24 heavy (non-hydrogen) atoms. The van der Waals surface area contributed by atoms with Crippen molar-refractivity contribution in [3.05, 3.63) is 47.2 Å². The second kappa shape index (κ2) is 7.79. The van der Waals surface area contributed by atoms with E-state index in [0.29, 0.717) is 19.3 Å². The maximum Gasteiger partial charge on any atom is 0.416 e. The number of benzene rings is 1. The minimum atomic E-state index is -1.28. The molecule has 0 radical (unpaired) electrons. The lowest BCUT2D eigenvalue weighted by Gasteiger charge is -2.20. The summed E-state index contributed by atoms with van der Waals surface area (Å²) in [6.45, 7) is 9.16. The highest BCUT2D eigenvalue weighted by molar-refractivity contribution is 6.81. The Bertz CT molecular complexity index is 619. The largest absolute Gasteiger partial charge is 0.447 e. The zero-order chi connectivity index (χ0) is 17.7. The van der Waals surface area contributed by atoms with E-state index in [1.54, 1.807) is 0 Å². The highest BCUT2D eigenvalue weighted by Crippen LogP contribution is 2.20. The fourth-order valence-corrected chi connectivity index (χ4v) is 4.66. The van der Waals surface area contributed by atoms with Crippen molar-refractivity contribution >= 4 is 20.1 Å². The van der Waals surface area contributed by atoms with E-state index in [-0.39, 0.29) is 18.6 Å². The van der Waals surface area contributed by atoms with Gasteiger partial charge in [-0.15, -0.1) is 0 Å². The van der Waals surface area contributed by atoms with Crippen LogP contribution in [-0.2, 0) is 16.0 Å². The summed E-state index contributed by atoms with van der Waals surface area (Å²) in [6, 6.07) is 9.69. The first kappa shape index (κ1) is 18.5. The molecule has 5 heteroatoms. The molecular formula is C19H27NO3Si. The van der Waals surface area contributed by atoms with Crippen LogP contribution in [0, 0.1) is 0 Å². The zero-order valence-corrected chi connectivity index (χ0v) is 16.0. The smallest absolute Gasteiger partial charge is 0.416 e. The SMILES string of the molecule is C/C(=C\[Si](C)(C)C)CCC(=O)N1C(=O)OC[C@H]1Cc1ccccc1. The molecule has 4 nitrogen and oxygen atoms in total.